The number of guanidine groups is 1. The van der Waals surface area contributed by atoms with Gasteiger partial charge in [0.2, 0.25) is 0 Å². The predicted octanol–water partition coefficient (Wildman–Crippen LogP) is 3.01. The number of piperazine rings is 1. The second-order valence-electron chi connectivity index (χ2n) is 7.31. The maximum atomic E-state index is 13.2. The Morgan fingerprint density at radius 1 is 1.17 bits per heavy atom. The molecule has 1 aliphatic rings. The zero-order valence-electron chi connectivity index (χ0n) is 17.0. The molecule has 0 aliphatic carbocycles. The molecule has 2 N–H and O–H groups in total. The highest BCUT2D eigenvalue weighted by atomic mass is 127. The van der Waals surface area contributed by atoms with E-state index in [0.717, 1.165) is 44.9 Å². The van der Waals surface area contributed by atoms with Crippen LogP contribution in [0.5, 0.6) is 0 Å². The maximum absolute atomic E-state index is 13.2. The largest absolute Gasteiger partial charge is 0.416 e. The first-order valence-electron chi connectivity index (χ1n) is 9.40. The number of hydrogen-bond acceptors (Lipinski definition) is 3. The van der Waals surface area contributed by atoms with Gasteiger partial charge in [-0.15, -0.1) is 24.0 Å². The van der Waals surface area contributed by atoms with Crippen LogP contribution in [0.4, 0.5) is 17.6 Å². The van der Waals surface area contributed by atoms with Crippen LogP contribution >= 0.6 is 24.0 Å². The standard InChI is InChI=1S/C19H29F4N5.HI/c1-14(13-28-8-6-27(3)7-9-28)11-25-18(24-2)26-12-15-4-5-16(20)10-17(15)19(21,22)23;/h4-5,10,14H,6-9,11-13H2,1-3H3,(H2,24,25,26);1H. The molecule has 10 heteroatoms. The molecule has 1 heterocycles. The number of aliphatic imine (C=N–C) groups is 1. The highest BCUT2D eigenvalue weighted by Crippen LogP contribution is 2.32. The fourth-order valence-corrected chi connectivity index (χ4v) is 3.17. The molecule has 2 rings (SSSR count). The molecule has 1 fully saturated rings. The van der Waals surface area contributed by atoms with E-state index in [2.05, 4.69) is 39.4 Å². The summed E-state index contributed by atoms with van der Waals surface area (Å²) >= 11 is 0. The molecule has 0 saturated carbocycles. The van der Waals surface area contributed by atoms with Crippen LogP contribution < -0.4 is 10.6 Å². The second-order valence-corrected chi connectivity index (χ2v) is 7.31. The van der Waals surface area contributed by atoms with E-state index in [1.807, 2.05) is 0 Å². The van der Waals surface area contributed by atoms with Gasteiger partial charge in [0.05, 0.1) is 5.56 Å². The molecular formula is C19H30F4IN5. The van der Waals surface area contributed by atoms with Crippen molar-refractivity contribution in [1.29, 1.82) is 0 Å². The smallest absolute Gasteiger partial charge is 0.356 e. The molecule has 1 aromatic carbocycles. The minimum absolute atomic E-state index is 0. The Hall–Kier alpha value is -1.14. The van der Waals surface area contributed by atoms with Gasteiger partial charge in [0.1, 0.15) is 5.82 Å². The summed E-state index contributed by atoms with van der Waals surface area (Å²) in [6.07, 6.45) is -4.60. The van der Waals surface area contributed by atoms with Crippen LogP contribution in [0.1, 0.15) is 18.1 Å². The normalized spacial score (nSPS) is 17.6. The first-order chi connectivity index (χ1) is 13.2. The van der Waals surface area contributed by atoms with Crippen LogP contribution in [0.3, 0.4) is 0 Å². The van der Waals surface area contributed by atoms with Gasteiger partial charge >= 0.3 is 6.18 Å². The number of nitrogens with zero attached hydrogens (tertiary/aromatic N) is 3. The SMILES string of the molecule is CN=C(NCc1ccc(F)cc1C(F)(F)F)NCC(C)CN1CCN(C)CC1.I. The summed E-state index contributed by atoms with van der Waals surface area (Å²) in [6.45, 7) is 7.83. The van der Waals surface area contributed by atoms with Crippen molar-refractivity contribution in [1.82, 2.24) is 20.4 Å². The molecule has 1 aliphatic heterocycles. The van der Waals surface area contributed by atoms with Crippen LogP contribution in [0, 0.1) is 11.7 Å². The van der Waals surface area contributed by atoms with E-state index in [1.165, 1.54) is 0 Å². The lowest BCUT2D eigenvalue weighted by molar-refractivity contribution is -0.138. The molecule has 166 valence electrons. The van der Waals surface area contributed by atoms with Gasteiger partial charge in [0.15, 0.2) is 5.96 Å². The summed E-state index contributed by atoms with van der Waals surface area (Å²) in [7, 11) is 3.68. The number of alkyl halides is 3. The predicted molar refractivity (Wildman–Crippen MR) is 118 cm³/mol. The molecule has 1 unspecified atom stereocenters. The van der Waals surface area contributed by atoms with Crippen molar-refractivity contribution < 1.29 is 17.6 Å². The van der Waals surface area contributed by atoms with Gasteiger partial charge in [-0.1, -0.05) is 13.0 Å². The molecular weight excluding hydrogens is 501 g/mol. The maximum Gasteiger partial charge on any atom is 0.416 e. The monoisotopic (exact) mass is 531 g/mol. The Kier molecular flexibility index (Phi) is 10.6. The van der Waals surface area contributed by atoms with Crippen molar-refractivity contribution in [3.63, 3.8) is 0 Å². The van der Waals surface area contributed by atoms with Gasteiger partial charge in [-0.05, 0) is 30.7 Å². The van der Waals surface area contributed by atoms with Gasteiger partial charge in [-0.2, -0.15) is 13.2 Å². The van der Waals surface area contributed by atoms with Gasteiger partial charge in [0.25, 0.3) is 0 Å². The van der Waals surface area contributed by atoms with E-state index in [0.29, 0.717) is 24.5 Å². The van der Waals surface area contributed by atoms with Crippen LogP contribution in [-0.2, 0) is 12.7 Å². The lowest BCUT2D eigenvalue weighted by Gasteiger charge is -2.34. The van der Waals surface area contributed by atoms with E-state index in [-0.39, 0.29) is 36.1 Å². The van der Waals surface area contributed by atoms with Crippen LogP contribution in [0.15, 0.2) is 23.2 Å². The third-order valence-electron chi connectivity index (χ3n) is 4.83. The summed E-state index contributed by atoms with van der Waals surface area (Å²) in [6, 6.07) is 2.69. The van der Waals surface area contributed by atoms with Crippen LogP contribution in [0.25, 0.3) is 0 Å². The third-order valence-corrected chi connectivity index (χ3v) is 4.83. The van der Waals surface area contributed by atoms with Crippen molar-refractivity contribution in [2.24, 2.45) is 10.9 Å². The lowest BCUT2D eigenvalue weighted by atomic mass is 10.1. The fourth-order valence-electron chi connectivity index (χ4n) is 3.17. The molecule has 0 bridgehead atoms. The summed E-state index contributed by atoms with van der Waals surface area (Å²) in [5.74, 6) is -0.127. The van der Waals surface area contributed by atoms with Crippen LogP contribution in [-0.4, -0.2) is 69.1 Å². The van der Waals surface area contributed by atoms with E-state index < -0.39 is 17.6 Å². The molecule has 1 aromatic rings. The summed E-state index contributed by atoms with van der Waals surface area (Å²) in [4.78, 5) is 8.77. The molecule has 1 saturated heterocycles. The molecule has 0 aromatic heterocycles. The first kappa shape index (κ1) is 25.9. The van der Waals surface area contributed by atoms with Gasteiger partial charge in [0, 0.05) is 52.9 Å². The highest BCUT2D eigenvalue weighted by molar-refractivity contribution is 14.0. The Labute approximate surface area is 186 Å². The Morgan fingerprint density at radius 2 is 1.83 bits per heavy atom. The first-order valence-corrected chi connectivity index (χ1v) is 9.40. The fraction of sp³-hybridized carbons (Fsp3) is 0.632. The Bertz CT molecular complexity index is 660. The minimum Gasteiger partial charge on any atom is -0.356 e. The van der Waals surface area contributed by atoms with Crippen LogP contribution in [0.2, 0.25) is 0 Å². The molecule has 29 heavy (non-hydrogen) atoms. The quantitative estimate of drug-likeness (QED) is 0.257. The second kappa shape index (κ2) is 11.9. The van der Waals surface area contributed by atoms with E-state index >= 15 is 0 Å². The molecule has 0 spiro atoms. The highest BCUT2D eigenvalue weighted by Gasteiger charge is 2.33. The molecule has 0 amide bonds. The van der Waals surface area contributed by atoms with Crippen molar-refractivity contribution in [2.75, 3.05) is 53.4 Å². The van der Waals surface area contributed by atoms with Gasteiger partial charge in [-0.3, -0.25) is 4.99 Å². The molecule has 1 atom stereocenters. The van der Waals surface area contributed by atoms with E-state index in [9.17, 15) is 17.6 Å². The zero-order chi connectivity index (χ0) is 20.7. The third kappa shape index (κ3) is 8.63. The van der Waals surface area contributed by atoms with Gasteiger partial charge < -0.3 is 20.4 Å². The molecule has 0 radical (unpaired) electrons. The zero-order valence-corrected chi connectivity index (χ0v) is 19.4. The number of halogens is 5. The average molecular weight is 531 g/mol. The van der Waals surface area contributed by atoms with Crippen molar-refractivity contribution >= 4 is 29.9 Å². The minimum atomic E-state index is -4.60. The number of benzene rings is 1. The topological polar surface area (TPSA) is 42.9 Å². The number of rotatable bonds is 6. The summed E-state index contributed by atoms with van der Waals surface area (Å²) < 4.78 is 52.5. The van der Waals surface area contributed by atoms with Crippen molar-refractivity contribution in [3.05, 3.63) is 35.1 Å². The van der Waals surface area contributed by atoms with Crippen molar-refractivity contribution in [2.45, 2.75) is 19.6 Å². The number of hydrogen-bond donors (Lipinski definition) is 2. The van der Waals surface area contributed by atoms with Gasteiger partial charge in [-0.25, -0.2) is 4.39 Å². The Balaban J connectivity index is 0.00000420. The average Bonchev–Trinajstić information content (AvgIpc) is 2.64. The van der Waals surface area contributed by atoms with Crippen molar-refractivity contribution in [3.8, 4) is 0 Å². The number of likely N-dealkylation sites (N-methyl/N-ethyl adjacent to an activating group) is 1. The summed E-state index contributed by atoms with van der Waals surface area (Å²) in [5.41, 5.74) is -0.999. The van der Waals surface area contributed by atoms with E-state index in [4.69, 9.17) is 0 Å². The number of nitrogens with one attached hydrogen (secondary N) is 2. The van der Waals surface area contributed by atoms with E-state index in [1.54, 1.807) is 7.05 Å². The Morgan fingerprint density at radius 3 is 2.41 bits per heavy atom. The summed E-state index contributed by atoms with van der Waals surface area (Å²) in [5, 5.41) is 6.03. The lowest BCUT2D eigenvalue weighted by Crippen LogP contribution is -2.47. The molecule has 5 nitrogen and oxygen atoms in total.